The normalized spacial score (nSPS) is 15.2. The zero-order chi connectivity index (χ0) is 23.0. The van der Waals surface area contributed by atoms with Gasteiger partial charge in [0.05, 0.1) is 18.1 Å². The van der Waals surface area contributed by atoms with Crippen molar-refractivity contribution in [2.45, 2.75) is 11.8 Å². The van der Waals surface area contributed by atoms with Crippen LogP contribution in [0.15, 0.2) is 58.6 Å². The Balaban J connectivity index is 1.54. The summed E-state index contributed by atoms with van der Waals surface area (Å²) in [4.78, 5) is 17.3. The van der Waals surface area contributed by atoms with E-state index in [4.69, 9.17) is 20.0 Å². The number of carbonyl (C=O) groups excluding carboxylic acids is 1. The third-order valence-corrected chi connectivity index (χ3v) is 6.61. The van der Waals surface area contributed by atoms with Crippen LogP contribution in [0.5, 0.6) is 5.75 Å². The summed E-state index contributed by atoms with van der Waals surface area (Å²) in [6.45, 7) is 2.60. The summed E-state index contributed by atoms with van der Waals surface area (Å²) in [6, 6.07) is 13.8. The van der Waals surface area contributed by atoms with E-state index in [-0.39, 0.29) is 17.3 Å². The molecular formula is C21H26N4O6S. The molecule has 1 fully saturated rings. The number of oxime groups is 1. The second-order valence-electron chi connectivity index (χ2n) is 7.00. The Bertz CT molecular complexity index is 1050. The van der Waals surface area contributed by atoms with Gasteiger partial charge in [-0.1, -0.05) is 29.4 Å². The third kappa shape index (κ3) is 6.42. The topological polar surface area (TPSA) is 133 Å². The van der Waals surface area contributed by atoms with Gasteiger partial charge in [0, 0.05) is 18.8 Å². The standard InChI is InChI=1S/C21H26N4O6S/c1-16-7-8-17(13-19(16)32(27,28)25-9-11-29-12-10-25)23-21(26)15-31-24-20(22)14-30-18-5-3-2-4-6-18/h2-8,13H,9-12,14-15H2,1H3,(H2,22,24)(H,23,26). The monoisotopic (exact) mass is 462 g/mol. The number of benzene rings is 2. The molecule has 11 heteroatoms. The average Bonchev–Trinajstić information content (AvgIpc) is 2.80. The van der Waals surface area contributed by atoms with Gasteiger partial charge < -0.3 is 25.4 Å². The van der Waals surface area contributed by atoms with Gasteiger partial charge in [0.25, 0.3) is 5.91 Å². The molecule has 1 heterocycles. The van der Waals surface area contributed by atoms with Crippen LogP contribution in [0.4, 0.5) is 5.69 Å². The van der Waals surface area contributed by atoms with E-state index < -0.39 is 22.5 Å². The maximum absolute atomic E-state index is 12.9. The largest absolute Gasteiger partial charge is 0.486 e. The highest BCUT2D eigenvalue weighted by Crippen LogP contribution is 2.24. The van der Waals surface area contributed by atoms with Crippen molar-refractivity contribution >= 4 is 27.5 Å². The van der Waals surface area contributed by atoms with Crippen molar-refractivity contribution in [1.29, 1.82) is 0 Å². The first-order valence-electron chi connectivity index (χ1n) is 9.97. The van der Waals surface area contributed by atoms with E-state index in [1.165, 1.54) is 10.4 Å². The number of para-hydroxylation sites is 1. The number of morpholine rings is 1. The van der Waals surface area contributed by atoms with Gasteiger partial charge in [-0.05, 0) is 36.8 Å². The summed E-state index contributed by atoms with van der Waals surface area (Å²) in [7, 11) is -3.69. The number of aryl methyl sites for hydroxylation is 1. The Morgan fingerprint density at radius 3 is 2.59 bits per heavy atom. The lowest BCUT2D eigenvalue weighted by Crippen LogP contribution is -2.40. The zero-order valence-corrected chi connectivity index (χ0v) is 18.5. The fraction of sp³-hybridized carbons (Fsp3) is 0.333. The summed E-state index contributed by atoms with van der Waals surface area (Å²) in [5, 5.41) is 6.25. The predicted molar refractivity (Wildman–Crippen MR) is 119 cm³/mol. The molecule has 10 nitrogen and oxygen atoms in total. The molecule has 0 radical (unpaired) electrons. The van der Waals surface area contributed by atoms with Crippen LogP contribution >= 0.6 is 0 Å². The summed E-state index contributed by atoms with van der Waals surface area (Å²) >= 11 is 0. The highest BCUT2D eigenvalue weighted by Gasteiger charge is 2.28. The Hall–Kier alpha value is -3.15. The molecule has 0 atom stereocenters. The number of amides is 1. The van der Waals surface area contributed by atoms with Gasteiger partial charge in [-0.25, -0.2) is 8.42 Å². The average molecular weight is 463 g/mol. The second kappa shape index (κ2) is 10.9. The van der Waals surface area contributed by atoms with E-state index in [0.29, 0.717) is 43.3 Å². The summed E-state index contributed by atoms with van der Waals surface area (Å²) in [5.41, 5.74) is 6.62. The second-order valence-corrected chi connectivity index (χ2v) is 8.91. The van der Waals surface area contributed by atoms with Gasteiger partial charge in [-0.2, -0.15) is 4.31 Å². The van der Waals surface area contributed by atoms with Crippen LogP contribution in [0.25, 0.3) is 0 Å². The Labute approximate surface area is 187 Å². The van der Waals surface area contributed by atoms with Crippen LogP contribution in [0, 0.1) is 6.92 Å². The van der Waals surface area contributed by atoms with Gasteiger partial charge in [-0.15, -0.1) is 0 Å². The third-order valence-electron chi connectivity index (χ3n) is 4.57. The number of rotatable bonds is 9. The molecule has 0 spiro atoms. The molecule has 1 aliphatic rings. The number of hydrogen-bond donors (Lipinski definition) is 2. The number of hydrogen-bond acceptors (Lipinski definition) is 7. The van der Waals surface area contributed by atoms with Crippen LogP contribution < -0.4 is 15.8 Å². The number of nitrogens with two attached hydrogens (primary N) is 1. The molecule has 1 aliphatic heterocycles. The lowest BCUT2D eigenvalue weighted by molar-refractivity contribution is -0.120. The molecule has 0 unspecified atom stereocenters. The SMILES string of the molecule is Cc1ccc(NC(=O)CO/N=C(/N)COc2ccccc2)cc1S(=O)(=O)N1CCOCC1. The number of ether oxygens (including phenoxy) is 2. The van der Waals surface area contributed by atoms with Crippen LogP contribution in [0.1, 0.15) is 5.56 Å². The van der Waals surface area contributed by atoms with Crippen molar-refractivity contribution in [1.82, 2.24) is 4.31 Å². The van der Waals surface area contributed by atoms with Crippen LogP contribution in [-0.4, -0.2) is 64.0 Å². The quantitative estimate of drug-likeness (QED) is 0.326. The van der Waals surface area contributed by atoms with Crippen LogP contribution in [-0.2, 0) is 24.4 Å². The predicted octanol–water partition coefficient (Wildman–Crippen LogP) is 1.32. The molecule has 0 bridgehead atoms. The van der Waals surface area contributed by atoms with E-state index in [9.17, 15) is 13.2 Å². The minimum absolute atomic E-state index is 0.00630. The molecule has 0 aliphatic carbocycles. The summed E-state index contributed by atoms with van der Waals surface area (Å²) < 4.78 is 37.9. The van der Waals surface area contributed by atoms with Crippen molar-refractivity contribution in [2.24, 2.45) is 10.9 Å². The van der Waals surface area contributed by atoms with Crippen molar-refractivity contribution < 1.29 is 27.5 Å². The first-order valence-corrected chi connectivity index (χ1v) is 11.4. The number of carbonyl (C=O) groups is 1. The van der Waals surface area contributed by atoms with Crippen molar-refractivity contribution in [3.05, 3.63) is 54.1 Å². The van der Waals surface area contributed by atoms with E-state index in [2.05, 4.69) is 10.5 Å². The smallest absolute Gasteiger partial charge is 0.265 e. The summed E-state index contributed by atoms with van der Waals surface area (Å²) in [6.07, 6.45) is 0. The first kappa shape index (κ1) is 23.5. The van der Waals surface area contributed by atoms with Gasteiger partial charge in [0.1, 0.15) is 12.4 Å². The van der Waals surface area contributed by atoms with E-state index in [1.54, 1.807) is 31.2 Å². The van der Waals surface area contributed by atoms with E-state index in [0.717, 1.165) is 0 Å². The Morgan fingerprint density at radius 1 is 1.16 bits per heavy atom. The number of nitrogens with one attached hydrogen (secondary N) is 1. The molecule has 0 saturated carbocycles. The van der Waals surface area contributed by atoms with Crippen LogP contribution in [0.3, 0.4) is 0 Å². The van der Waals surface area contributed by atoms with Crippen LogP contribution in [0.2, 0.25) is 0 Å². The van der Waals surface area contributed by atoms with Crippen molar-refractivity contribution in [3.8, 4) is 5.75 Å². The fourth-order valence-corrected chi connectivity index (χ4v) is 4.61. The highest BCUT2D eigenvalue weighted by atomic mass is 32.2. The van der Waals surface area contributed by atoms with E-state index >= 15 is 0 Å². The molecule has 3 rings (SSSR count). The molecule has 0 aromatic heterocycles. The fourth-order valence-electron chi connectivity index (χ4n) is 2.95. The number of anilines is 1. The van der Waals surface area contributed by atoms with Gasteiger partial charge in [0.15, 0.2) is 12.4 Å². The van der Waals surface area contributed by atoms with Crippen molar-refractivity contribution in [3.63, 3.8) is 0 Å². The molecule has 1 saturated heterocycles. The number of nitrogens with zero attached hydrogens (tertiary/aromatic N) is 2. The summed E-state index contributed by atoms with van der Waals surface area (Å²) in [5.74, 6) is 0.186. The molecule has 172 valence electrons. The van der Waals surface area contributed by atoms with Gasteiger partial charge in [0.2, 0.25) is 10.0 Å². The van der Waals surface area contributed by atoms with Crippen molar-refractivity contribution in [2.75, 3.05) is 44.8 Å². The number of sulfonamides is 1. The van der Waals surface area contributed by atoms with Gasteiger partial charge >= 0.3 is 0 Å². The molecule has 32 heavy (non-hydrogen) atoms. The first-order chi connectivity index (χ1) is 15.4. The lowest BCUT2D eigenvalue weighted by Gasteiger charge is -2.26. The minimum atomic E-state index is -3.69. The molecule has 3 N–H and O–H groups in total. The molecule has 1 amide bonds. The molecule has 2 aromatic rings. The minimum Gasteiger partial charge on any atom is -0.486 e. The maximum Gasteiger partial charge on any atom is 0.265 e. The Kier molecular flexibility index (Phi) is 8.03. The lowest BCUT2D eigenvalue weighted by atomic mass is 10.2. The van der Waals surface area contributed by atoms with E-state index in [1.807, 2.05) is 18.2 Å². The maximum atomic E-state index is 12.9. The molecular weight excluding hydrogens is 436 g/mol. The number of amidine groups is 1. The Morgan fingerprint density at radius 2 is 1.88 bits per heavy atom. The molecule has 2 aromatic carbocycles. The van der Waals surface area contributed by atoms with Gasteiger partial charge in [-0.3, -0.25) is 4.79 Å². The zero-order valence-electron chi connectivity index (χ0n) is 17.7. The highest BCUT2D eigenvalue weighted by molar-refractivity contribution is 7.89.